The van der Waals surface area contributed by atoms with Crippen LogP contribution < -0.4 is 10.1 Å². The van der Waals surface area contributed by atoms with Gasteiger partial charge in [0.2, 0.25) is 11.8 Å². The molecule has 2 atom stereocenters. The van der Waals surface area contributed by atoms with Crippen LogP contribution in [0.4, 0.5) is 0 Å². The summed E-state index contributed by atoms with van der Waals surface area (Å²) in [5.74, 6) is 0.509. The van der Waals surface area contributed by atoms with Crippen LogP contribution in [0.1, 0.15) is 24.8 Å². The molecule has 24 heavy (non-hydrogen) atoms. The van der Waals surface area contributed by atoms with Crippen molar-refractivity contribution in [3.63, 3.8) is 0 Å². The monoisotopic (exact) mass is 332 g/mol. The predicted molar refractivity (Wildman–Crippen MR) is 88.5 cm³/mol. The first-order valence-electron chi connectivity index (χ1n) is 8.45. The van der Waals surface area contributed by atoms with E-state index in [1.165, 1.54) is 0 Å². The quantitative estimate of drug-likeness (QED) is 0.854. The fourth-order valence-electron chi connectivity index (χ4n) is 3.22. The maximum atomic E-state index is 12.3. The summed E-state index contributed by atoms with van der Waals surface area (Å²) in [7, 11) is 1.62. The molecule has 2 aliphatic rings. The minimum Gasteiger partial charge on any atom is -0.497 e. The molecular formula is C18H24N2O4. The lowest BCUT2D eigenvalue weighted by molar-refractivity contribution is -0.129. The fraction of sp³-hybridized carbons (Fsp3) is 0.556. The highest BCUT2D eigenvalue weighted by Crippen LogP contribution is 2.21. The van der Waals surface area contributed by atoms with Gasteiger partial charge in [-0.25, -0.2) is 0 Å². The van der Waals surface area contributed by atoms with Crippen LogP contribution in [0.3, 0.4) is 0 Å². The number of hydrogen-bond acceptors (Lipinski definition) is 4. The van der Waals surface area contributed by atoms with E-state index in [1.807, 2.05) is 24.3 Å². The van der Waals surface area contributed by atoms with Crippen LogP contribution in [0, 0.1) is 5.92 Å². The van der Waals surface area contributed by atoms with E-state index in [9.17, 15) is 9.59 Å². The molecule has 2 fully saturated rings. The Labute approximate surface area is 142 Å². The molecular weight excluding hydrogens is 308 g/mol. The number of rotatable bonds is 6. The number of nitrogens with zero attached hydrogens (tertiary/aromatic N) is 1. The number of ether oxygens (including phenoxy) is 2. The van der Waals surface area contributed by atoms with Gasteiger partial charge in [-0.2, -0.15) is 0 Å². The molecule has 1 N–H and O–H groups in total. The van der Waals surface area contributed by atoms with E-state index in [2.05, 4.69) is 5.32 Å². The molecule has 0 saturated carbocycles. The smallest absolute Gasteiger partial charge is 0.225 e. The SMILES string of the molecule is COc1ccc(CN2C[C@H](C(=O)NC[C@H]3CCCO3)CC2=O)cc1. The maximum absolute atomic E-state index is 12.3. The molecule has 6 nitrogen and oxygen atoms in total. The third-order valence-corrected chi connectivity index (χ3v) is 4.65. The summed E-state index contributed by atoms with van der Waals surface area (Å²) in [6.45, 7) is 2.32. The summed E-state index contributed by atoms with van der Waals surface area (Å²) in [5.41, 5.74) is 1.03. The minimum atomic E-state index is -0.267. The molecule has 0 spiro atoms. The van der Waals surface area contributed by atoms with E-state index in [0.29, 0.717) is 19.6 Å². The van der Waals surface area contributed by atoms with Crippen molar-refractivity contribution in [1.29, 1.82) is 0 Å². The average Bonchev–Trinajstić information content (AvgIpc) is 3.24. The van der Waals surface area contributed by atoms with Gasteiger partial charge in [-0.3, -0.25) is 9.59 Å². The first-order valence-corrected chi connectivity index (χ1v) is 8.45. The molecule has 0 bridgehead atoms. The van der Waals surface area contributed by atoms with Crippen LogP contribution in [0.15, 0.2) is 24.3 Å². The van der Waals surface area contributed by atoms with Crippen molar-refractivity contribution < 1.29 is 19.1 Å². The molecule has 1 aromatic rings. The Morgan fingerprint density at radius 2 is 2.17 bits per heavy atom. The summed E-state index contributed by atoms with van der Waals surface area (Å²) in [6.07, 6.45) is 2.46. The van der Waals surface area contributed by atoms with Crippen LogP contribution in [-0.4, -0.2) is 49.6 Å². The topological polar surface area (TPSA) is 67.9 Å². The first kappa shape index (κ1) is 16.8. The van der Waals surface area contributed by atoms with E-state index >= 15 is 0 Å². The number of likely N-dealkylation sites (tertiary alicyclic amines) is 1. The van der Waals surface area contributed by atoms with Crippen molar-refractivity contribution in [2.75, 3.05) is 26.8 Å². The van der Waals surface area contributed by atoms with Gasteiger partial charge in [-0.15, -0.1) is 0 Å². The lowest BCUT2D eigenvalue weighted by Gasteiger charge is -2.17. The highest BCUT2D eigenvalue weighted by Gasteiger charge is 2.34. The number of carbonyl (C=O) groups is 2. The Balaban J connectivity index is 1.49. The lowest BCUT2D eigenvalue weighted by atomic mass is 10.1. The van der Waals surface area contributed by atoms with Crippen LogP contribution in [0.25, 0.3) is 0 Å². The highest BCUT2D eigenvalue weighted by atomic mass is 16.5. The van der Waals surface area contributed by atoms with Gasteiger partial charge in [-0.1, -0.05) is 12.1 Å². The van der Waals surface area contributed by atoms with E-state index in [4.69, 9.17) is 9.47 Å². The summed E-state index contributed by atoms with van der Waals surface area (Å²) < 4.78 is 10.6. The summed E-state index contributed by atoms with van der Waals surface area (Å²) >= 11 is 0. The first-order chi connectivity index (χ1) is 11.7. The molecule has 130 valence electrons. The van der Waals surface area contributed by atoms with E-state index in [-0.39, 0.29) is 30.3 Å². The van der Waals surface area contributed by atoms with Gasteiger partial charge >= 0.3 is 0 Å². The van der Waals surface area contributed by atoms with Crippen LogP contribution >= 0.6 is 0 Å². The van der Waals surface area contributed by atoms with Crippen molar-refractivity contribution in [2.24, 2.45) is 5.92 Å². The Bertz CT molecular complexity index is 581. The molecule has 0 aliphatic carbocycles. The Hall–Kier alpha value is -2.08. The number of methoxy groups -OCH3 is 1. The Kier molecular flexibility index (Phi) is 5.35. The molecule has 6 heteroatoms. The van der Waals surface area contributed by atoms with E-state index < -0.39 is 0 Å². The zero-order chi connectivity index (χ0) is 16.9. The van der Waals surface area contributed by atoms with Gasteiger partial charge in [0.25, 0.3) is 0 Å². The molecule has 3 rings (SSSR count). The van der Waals surface area contributed by atoms with E-state index in [0.717, 1.165) is 30.8 Å². The van der Waals surface area contributed by atoms with Crippen LogP contribution in [0.5, 0.6) is 5.75 Å². The molecule has 1 aromatic carbocycles. The molecule has 0 aromatic heterocycles. The Morgan fingerprint density at radius 3 is 2.83 bits per heavy atom. The van der Waals surface area contributed by atoms with Crippen molar-refractivity contribution in [3.8, 4) is 5.75 Å². The lowest BCUT2D eigenvalue weighted by Crippen LogP contribution is -2.37. The van der Waals surface area contributed by atoms with Crippen molar-refractivity contribution >= 4 is 11.8 Å². The second-order valence-corrected chi connectivity index (χ2v) is 6.40. The zero-order valence-electron chi connectivity index (χ0n) is 14.0. The fourth-order valence-corrected chi connectivity index (χ4v) is 3.22. The van der Waals surface area contributed by atoms with Gasteiger partial charge in [-0.05, 0) is 30.5 Å². The largest absolute Gasteiger partial charge is 0.497 e. The minimum absolute atomic E-state index is 0.0306. The third-order valence-electron chi connectivity index (χ3n) is 4.65. The number of hydrogen-bond donors (Lipinski definition) is 1. The normalized spacial score (nSPS) is 23.5. The van der Waals surface area contributed by atoms with Crippen LogP contribution in [-0.2, 0) is 20.9 Å². The van der Waals surface area contributed by atoms with Gasteiger partial charge < -0.3 is 19.7 Å². The zero-order valence-corrected chi connectivity index (χ0v) is 14.0. The molecule has 2 heterocycles. The number of nitrogens with one attached hydrogen (secondary N) is 1. The van der Waals surface area contributed by atoms with Gasteiger partial charge in [0.15, 0.2) is 0 Å². The number of amides is 2. The summed E-state index contributed by atoms with van der Waals surface area (Å²) in [5, 5.41) is 2.93. The van der Waals surface area contributed by atoms with Gasteiger partial charge in [0.1, 0.15) is 5.75 Å². The molecule has 0 unspecified atom stereocenters. The second-order valence-electron chi connectivity index (χ2n) is 6.40. The summed E-state index contributed by atoms with van der Waals surface area (Å²) in [4.78, 5) is 26.2. The molecule has 0 radical (unpaired) electrons. The van der Waals surface area contributed by atoms with Crippen LogP contribution in [0.2, 0.25) is 0 Å². The van der Waals surface area contributed by atoms with Crippen molar-refractivity contribution in [2.45, 2.75) is 31.9 Å². The molecule has 2 saturated heterocycles. The number of carbonyl (C=O) groups excluding carboxylic acids is 2. The van der Waals surface area contributed by atoms with Gasteiger partial charge in [0, 0.05) is 32.7 Å². The molecule has 2 amide bonds. The standard InChI is InChI=1S/C18H24N2O4/c1-23-15-6-4-13(5-7-15)11-20-12-14(9-17(20)21)18(22)19-10-16-3-2-8-24-16/h4-7,14,16H,2-3,8-12H2,1H3,(H,19,22)/t14-,16-/m1/s1. The highest BCUT2D eigenvalue weighted by molar-refractivity contribution is 5.89. The maximum Gasteiger partial charge on any atom is 0.225 e. The van der Waals surface area contributed by atoms with Gasteiger partial charge in [0.05, 0.1) is 19.1 Å². The van der Waals surface area contributed by atoms with Crippen molar-refractivity contribution in [3.05, 3.63) is 29.8 Å². The Morgan fingerprint density at radius 1 is 1.38 bits per heavy atom. The van der Waals surface area contributed by atoms with Crippen molar-refractivity contribution in [1.82, 2.24) is 10.2 Å². The third kappa shape index (κ3) is 4.06. The molecule has 2 aliphatic heterocycles. The average molecular weight is 332 g/mol. The van der Waals surface area contributed by atoms with E-state index in [1.54, 1.807) is 12.0 Å². The summed E-state index contributed by atoms with van der Waals surface area (Å²) in [6, 6.07) is 7.64. The second kappa shape index (κ2) is 7.66. The predicted octanol–water partition coefficient (Wildman–Crippen LogP) is 1.34. The number of benzene rings is 1.